The number of pyridine rings is 1. The van der Waals surface area contributed by atoms with Gasteiger partial charge in [-0.15, -0.1) is 0 Å². The molecule has 0 fully saturated rings. The van der Waals surface area contributed by atoms with Crippen molar-refractivity contribution in [1.29, 1.82) is 0 Å². The number of aromatic nitrogens is 1. The summed E-state index contributed by atoms with van der Waals surface area (Å²) in [7, 11) is -3.62. The molecule has 0 radical (unpaired) electrons. The summed E-state index contributed by atoms with van der Waals surface area (Å²) in [5.74, 6) is -0.246. The average Bonchev–Trinajstić information content (AvgIpc) is 2.58. The SMILES string of the molecule is Cc1cccc(C(C)C)c1N(CC(=O)NCc1ccccn1)S(C)(=O)=O. The quantitative estimate of drug-likeness (QED) is 0.807. The minimum absolute atomic E-state index is 0.130. The largest absolute Gasteiger partial charge is 0.349 e. The lowest BCUT2D eigenvalue weighted by Gasteiger charge is -2.27. The number of para-hydroxylation sites is 1. The molecule has 1 N–H and O–H groups in total. The number of benzene rings is 1. The van der Waals surface area contributed by atoms with Crippen molar-refractivity contribution in [3.63, 3.8) is 0 Å². The second kappa shape index (κ2) is 8.31. The first-order valence-corrected chi connectivity index (χ1v) is 10.3. The van der Waals surface area contributed by atoms with E-state index in [-0.39, 0.29) is 24.9 Å². The number of sulfonamides is 1. The number of nitrogens with zero attached hydrogens (tertiary/aromatic N) is 2. The van der Waals surface area contributed by atoms with Gasteiger partial charge in [0.1, 0.15) is 6.54 Å². The first-order valence-electron chi connectivity index (χ1n) is 8.44. The van der Waals surface area contributed by atoms with Gasteiger partial charge in [-0.05, 0) is 36.1 Å². The zero-order valence-electron chi connectivity index (χ0n) is 15.6. The standard InChI is InChI=1S/C19H25N3O3S/c1-14(2)17-10-7-8-15(3)19(17)22(26(4,24)25)13-18(23)21-12-16-9-5-6-11-20-16/h5-11,14H,12-13H2,1-4H3,(H,21,23). The summed E-state index contributed by atoms with van der Waals surface area (Å²) < 4.78 is 26.0. The van der Waals surface area contributed by atoms with Gasteiger partial charge in [0, 0.05) is 6.20 Å². The molecule has 2 rings (SSSR count). The zero-order chi connectivity index (χ0) is 19.3. The van der Waals surface area contributed by atoms with E-state index in [2.05, 4.69) is 10.3 Å². The highest BCUT2D eigenvalue weighted by atomic mass is 32.2. The first-order chi connectivity index (χ1) is 12.2. The average molecular weight is 375 g/mol. The van der Waals surface area contributed by atoms with Gasteiger partial charge in [0.05, 0.1) is 24.2 Å². The van der Waals surface area contributed by atoms with E-state index >= 15 is 0 Å². The third kappa shape index (κ3) is 5.05. The van der Waals surface area contributed by atoms with Gasteiger partial charge in [-0.2, -0.15) is 0 Å². The minimum atomic E-state index is -3.62. The van der Waals surface area contributed by atoms with Crippen LogP contribution in [-0.2, 0) is 21.4 Å². The molecule has 6 nitrogen and oxygen atoms in total. The molecule has 0 unspecified atom stereocenters. The third-order valence-electron chi connectivity index (χ3n) is 4.02. The molecule has 26 heavy (non-hydrogen) atoms. The monoisotopic (exact) mass is 375 g/mol. The molecule has 0 atom stereocenters. The lowest BCUT2D eigenvalue weighted by molar-refractivity contribution is -0.119. The second-order valence-electron chi connectivity index (χ2n) is 6.53. The summed E-state index contributed by atoms with van der Waals surface area (Å²) in [6.07, 6.45) is 2.77. The molecule has 2 aromatic rings. The van der Waals surface area contributed by atoms with Crippen molar-refractivity contribution in [3.05, 3.63) is 59.4 Å². The summed E-state index contributed by atoms with van der Waals surface area (Å²) in [4.78, 5) is 16.5. The molecule has 7 heteroatoms. The van der Waals surface area contributed by atoms with Crippen LogP contribution in [0, 0.1) is 6.92 Å². The van der Waals surface area contributed by atoms with Crippen LogP contribution in [0.2, 0.25) is 0 Å². The van der Waals surface area contributed by atoms with Crippen molar-refractivity contribution in [2.24, 2.45) is 0 Å². The fourth-order valence-electron chi connectivity index (χ4n) is 2.73. The van der Waals surface area contributed by atoms with Crippen molar-refractivity contribution in [3.8, 4) is 0 Å². The molecule has 0 aliphatic carbocycles. The normalized spacial score (nSPS) is 11.4. The van der Waals surface area contributed by atoms with E-state index in [0.717, 1.165) is 17.4 Å². The van der Waals surface area contributed by atoms with Crippen molar-refractivity contribution in [2.75, 3.05) is 17.1 Å². The molecule has 0 bridgehead atoms. The molecule has 0 saturated heterocycles. The van der Waals surface area contributed by atoms with Crippen LogP contribution in [0.15, 0.2) is 42.6 Å². The fourth-order valence-corrected chi connectivity index (χ4v) is 3.66. The van der Waals surface area contributed by atoms with Gasteiger partial charge in [-0.3, -0.25) is 14.1 Å². The summed E-state index contributed by atoms with van der Waals surface area (Å²) in [5, 5.41) is 2.73. The van der Waals surface area contributed by atoms with Crippen LogP contribution in [0.1, 0.15) is 36.6 Å². The van der Waals surface area contributed by atoms with Crippen molar-refractivity contribution >= 4 is 21.6 Å². The van der Waals surface area contributed by atoms with Crippen molar-refractivity contribution in [1.82, 2.24) is 10.3 Å². The van der Waals surface area contributed by atoms with E-state index in [1.165, 1.54) is 4.31 Å². The summed E-state index contributed by atoms with van der Waals surface area (Å²) in [6.45, 7) is 5.84. The maximum atomic E-state index is 12.4. The van der Waals surface area contributed by atoms with E-state index in [1.54, 1.807) is 18.3 Å². The predicted molar refractivity (Wildman–Crippen MR) is 104 cm³/mol. The Balaban J connectivity index is 2.26. The van der Waals surface area contributed by atoms with E-state index in [1.807, 2.05) is 45.0 Å². The second-order valence-corrected chi connectivity index (χ2v) is 8.44. The maximum absolute atomic E-state index is 12.4. The Morgan fingerprint density at radius 1 is 1.19 bits per heavy atom. The van der Waals surface area contributed by atoms with E-state index in [4.69, 9.17) is 0 Å². The highest BCUT2D eigenvalue weighted by Gasteiger charge is 2.25. The summed E-state index contributed by atoms with van der Waals surface area (Å²) >= 11 is 0. The number of carbonyl (C=O) groups excluding carboxylic acids is 1. The van der Waals surface area contributed by atoms with Gasteiger partial charge in [0.15, 0.2) is 0 Å². The number of hydrogen-bond acceptors (Lipinski definition) is 4. The minimum Gasteiger partial charge on any atom is -0.349 e. The van der Waals surface area contributed by atoms with E-state index < -0.39 is 10.0 Å². The molecule has 1 heterocycles. The highest BCUT2D eigenvalue weighted by molar-refractivity contribution is 7.92. The van der Waals surface area contributed by atoms with Crippen molar-refractivity contribution < 1.29 is 13.2 Å². The van der Waals surface area contributed by atoms with Crippen molar-refractivity contribution in [2.45, 2.75) is 33.2 Å². The smallest absolute Gasteiger partial charge is 0.241 e. The number of anilines is 1. The molecule has 1 aromatic heterocycles. The van der Waals surface area contributed by atoms with Crippen LogP contribution < -0.4 is 9.62 Å². The first kappa shape index (κ1) is 19.9. The topological polar surface area (TPSA) is 79.4 Å². The highest BCUT2D eigenvalue weighted by Crippen LogP contribution is 2.32. The molecular weight excluding hydrogens is 350 g/mol. The Hall–Kier alpha value is -2.41. The Morgan fingerprint density at radius 3 is 2.50 bits per heavy atom. The van der Waals surface area contributed by atoms with Crippen LogP contribution in [0.25, 0.3) is 0 Å². The Morgan fingerprint density at radius 2 is 1.92 bits per heavy atom. The van der Waals surface area contributed by atoms with Gasteiger partial charge in [-0.1, -0.05) is 38.1 Å². The molecular formula is C19H25N3O3S. The number of hydrogen-bond donors (Lipinski definition) is 1. The van der Waals surface area contributed by atoms with Crippen LogP contribution >= 0.6 is 0 Å². The molecule has 140 valence electrons. The summed E-state index contributed by atoms with van der Waals surface area (Å²) in [6, 6.07) is 11.1. The number of aryl methyl sites for hydroxylation is 1. The predicted octanol–water partition coefficient (Wildman–Crippen LogP) is 2.60. The van der Waals surface area contributed by atoms with Gasteiger partial charge >= 0.3 is 0 Å². The lowest BCUT2D eigenvalue weighted by Crippen LogP contribution is -2.41. The van der Waals surface area contributed by atoms with Gasteiger partial charge in [0.2, 0.25) is 15.9 Å². The van der Waals surface area contributed by atoms with Gasteiger partial charge in [-0.25, -0.2) is 8.42 Å². The maximum Gasteiger partial charge on any atom is 0.241 e. The van der Waals surface area contributed by atoms with Gasteiger partial charge in [0.25, 0.3) is 0 Å². The van der Waals surface area contributed by atoms with Crippen LogP contribution in [-0.4, -0.2) is 32.1 Å². The molecule has 0 aliphatic rings. The van der Waals surface area contributed by atoms with Gasteiger partial charge < -0.3 is 5.32 Å². The number of rotatable bonds is 7. The molecule has 1 amide bonds. The Labute approximate surface area is 155 Å². The molecule has 0 aliphatic heterocycles. The Kier molecular flexibility index (Phi) is 6.37. The molecule has 1 aromatic carbocycles. The molecule has 0 spiro atoms. The van der Waals surface area contributed by atoms with Crippen LogP contribution in [0.3, 0.4) is 0 Å². The van der Waals surface area contributed by atoms with Crippen LogP contribution in [0.5, 0.6) is 0 Å². The Bertz CT molecular complexity index is 865. The molecule has 0 saturated carbocycles. The van der Waals surface area contributed by atoms with Crippen LogP contribution in [0.4, 0.5) is 5.69 Å². The third-order valence-corrected chi connectivity index (χ3v) is 5.13. The fraction of sp³-hybridized carbons (Fsp3) is 0.368. The number of nitrogens with one attached hydrogen (secondary N) is 1. The number of carbonyl (C=O) groups is 1. The number of amides is 1. The zero-order valence-corrected chi connectivity index (χ0v) is 16.4. The van der Waals surface area contributed by atoms with E-state index in [0.29, 0.717) is 11.4 Å². The summed E-state index contributed by atoms with van der Waals surface area (Å²) in [5.41, 5.74) is 3.01. The van der Waals surface area contributed by atoms with E-state index in [9.17, 15) is 13.2 Å². The lowest BCUT2D eigenvalue weighted by atomic mass is 9.98.